The van der Waals surface area contributed by atoms with Crippen LogP contribution in [0.25, 0.3) is 0 Å². The van der Waals surface area contributed by atoms with E-state index in [2.05, 4.69) is 0 Å². The molecule has 1 fully saturated rings. The van der Waals surface area contributed by atoms with E-state index in [-0.39, 0.29) is 18.5 Å². The molecule has 0 atom stereocenters. The summed E-state index contributed by atoms with van der Waals surface area (Å²) in [5.74, 6) is -0.275. The second kappa shape index (κ2) is 6.29. The number of rotatable bonds is 3. The SMILES string of the molecule is O=C(OCc1ccc(C(F)(F)F)cc1)C1CCCCC1. The molecule has 1 saturated carbocycles. The van der Waals surface area contributed by atoms with E-state index >= 15 is 0 Å². The largest absolute Gasteiger partial charge is 0.461 e. The Labute approximate surface area is 115 Å². The lowest BCUT2D eigenvalue weighted by atomic mass is 9.89. The van der Waals surface area contributed by atoms with Gasteiger partial charge < -0.3 is 4.74 Å². The Morgan fingerprint density at radius 1 is 1.10 bits per heavy atom. The Morgan fingerprint density at radius 3 is 2.25 bits per heavy atom. The molecule has 1 aliphatic rings. The van der Waals surface area contributed by atoms with Crippen LogP contribution in [0.1, 0.15) is 43.2 Å². The molecule has 0 unspecified atom stereocenters. The molecule has 0 heterocycles. The van der Waals surface area contributed by atoms with E-state index in [0.717, 1.165) is 44.2 Å². The van der Waals surface area contributed by atoms with Gasteiger partial charge in [0.1, 0.15) is 6.61 Å². The zero-order chi connectivity index (χ0) is 14.6. The first-order valence-electron chi connectivity index (χ1n) is 6.79. The summed E-state index contributed by atoms with van der Waals surface area (Å²) in [4.78, 5) is 11.8. The lowest BCUT2D eigenvalue weighted by Crippen LogP contribution is -2.20. The zero-order valence-corrected chi connectivity index (χ0v) is 11.1. The van der Waals surface area contributed by atoms with Crippen molar-refractivity contribution in [2.75, 3.05) is 0 Å². The molecule has 0 aromatic heterocycles. The van der Waals surface area contributed by atoms with Crippen molar-refractivity contribution in [3.63, 3.8) is 0 Å². The molecule has 1 aromatic rings. The highest BCUT2D eigenvalue weighted by molar-refractivity contribution is 5.72. The van der Waals surface area contributed by atoms with Gasteiger partial charge in [-0.15, -0.1) is 0 Å². The van der Waals surface area contributed by atoms with Gasteiger partial charge in [-0.1, -0.05) is 31.4 Å². The number of benzene rings is 1. The van der Waals surface area contributed by atoms with Crippen LogP contribution in [0.15, 0.2) is 24.3 Å². The maximum atomic E-state index is 12.4. The van der Waals surface area contributed by atoms with Crippen molar-refractivity contribution in [2.45, 2.75) is 44.9 Å². The summed E-state index contributed by atoms with van der Waals surface area (Å²) >= 11 is 0. The topological polar surface area (TPSA) is 26.3 Å². The minimum atomic E-state index is -4.34. The molecule has 2 rings (SSSR count). The molecule has 0 spiro atoms. The summed E-state index contributed by atoms with van der Waals surface area (Å²) in [6.07, 6.45) is 0.609. The summed E-state index contributed by atoms with van der Waals surface area (Å²) in [6.45, 7) is 0.0352. The van der Waals surface area contributed by atoms with Crippen LogP contribution >= 0.6 is 0 Å². The number of halogens is 3. The average molecular weight is 286 g/mol. The van der Waals surface area contributed by atoms with E-state index in [0.29, 0.717) is 5.56 Å². The van der Waals surface area contributed by atoms with Crippen molar-refractivity contribution in [1.29, 1.82) is 0 Å². The Bertz CT molecular complexity index is 445. The molecule has 1 aliphatic carbocycles. The molecule has 0 aliphatic heterocycles. The third kappa shape index (κ3) is 3.99. The van der Waals surface area contributed by atoms with E-state index < -0.39 is 11.7 Å². The first kappa shape index (κ1) is 14.9. The first-order chi connectivity index (χ1) is 9.47. The van der Waals surface area contributed by atoms with Gasteiger partial charge in [0.2, 0.25) is 0 Å². The summed E-state index contributed by atoms with van der Waals surface area (Å²) in [5.41, 5.74) is -0.123. The highest BCUT2D eigenvalue weighted by Gasteiger charge is 2.30. The minimum Gasteiger partial charge on any atom is -0.461 e. The minimum absolute atomic E-state index is 0.0352. The molecular formula is C15H17F3O2. The summed E-state index contributed by atoms with van der Waals surface area (Å²) < 4.78 is 42.3. The van der Waals surface area contributed by atoms with Crippen LogP contribution in [0.2, 0.25) is 0 Å². The number of esters is 1. The van der Waals surface area contributed by atoms with E-state index in [1.54, 1.807) is 0 Å². The lowest BCUT2D eigenvalue weighted by Gasteiger charge is -2.19. The Hall–Kier alpha value is -1.52. The number of carbonyl (C=O) groups is 1. The highest BCUT2D eigenvalue weighted by Crippen LogP contribution is 2.29. The molecule has 20 heavy (non-hydrogen) atoms. The van der Waals surface area contributed by atoms with Crippen molar-refractivity contribution in [1.82, 2.24) is 0 Å². The third-order valence-corrected chi connectivity index (χ3v) is 3.60. The average Bonchev–Trinajstić information content (AvgIpc) is 2.45. The number of alkyl halides is 3. The van der Waals surface area contributed by atoms with Gasteiger partial charge in [-0.3, -0.25) is 4.79 Å². The quantitative estimate of drug-likeness (QED) is 0.773. The zero-order valence-electron chi connectivity index (χ0n) is 11.1. The van der Waals surface area contributed by atoms with E-state index in [1.807, 2.05) is 0 Å². The van der Waals surface area contributed by atoms with Crippen LogP contribution in [0.5, 0.6) is 0 Å². The van der Waals surface area contributed by atoms with Crippen LogP contribution in [0, 0.1) is 5.92 Å². The maximum absolute atomic E-state index is 12.4. The fourth-order valence-electron chi connectivity index (χ4n) is 2.40. The predicted molar refractivity (Wildman–Crippen MR) is 67.8 cm³/mol. The van der Waals surface area contributed by atoms with Crippen molar-refractivity contribution < 1.29 is 22.7 Å². The second-order valence-electron chi connectivity index (χ2n) is 5.14. The second-order valence-corrected chi connectivity index (χ2v) is 5.14. The first-order valence-corrected chi connectivity index (χ1v) is 6.79. The van der Waals surface area contributed by atoms with Crippen molar-refractivity contribution in [3.8, 4) is 0 Å². The molecule has 0 amide bonds. The standard InChI is InChI=1S/C15H17F3O2/c16-15(17,18)13-8-6-11(7-9-13)10-20-14(19)12-4-2-1-3-5-12/h6-9,12H,1-5,10H2. The Balaban J connectivity index is 1.86. The predicted octanol–water partition coefficient (Wildman–Crippen LogP) is 4.33. The fourth-order valence-corrected chi connectivity index (χ4v) is 2.40. The van der Waals surface area contributed by atoms with E-state index in [4.69, 9.17) is 4.74 Å². The van der Waals surface area contributed by atoms with Crippen LogP contribution in [0.3, 0.4) is 0 Å². The smallest absolute Gasteiger partial charge is 0.416 e. The van der Waals surface area contributed by atoms with Crippen LogP contribution in [-0.4, -0.2) is 5.97 Å². The number of ether oxygens (including phenoxy) is 1. The number of hydrogen-bond acceptors (Lipinski definition) is 2. The van der Waals surface area contributed by atoms with Gasteiger partial charge in [-0.2, -0.15) is 13.2 Å². The van der Waals surface area contributed by atoms with Crippen LogP contribution in [0.4, 0.5) is 13.2 Å². The Kier molecular flexibility index (Phi) is 4.68. The van der Waals surface area contributed by atoms with Crippen LogP contribution in [-0.2, 0) is 22.3 Å². The summed E-state index contributed by atoms with van der Waals surface area (Å²) in [5, 5.41) is 0. The molecule has 0 saturated heterocycles. The monoisotopic (exact) mass is 286 g/mol. The fraction of sp³-hybridized carbons (Fsp3) is 0.533. The lowest BCUT2D eigenvalue weighted by molar-refractivity contribution is -0.151. The molecule has 0 bridgehead atoms. The van der Waals surface area contributed by atoms with E-state index in [1.165, 1.54) is 12.1 Å². The van der Waals surface area contributed by atoms with Gasteiger partial charge in [0.15, 0.2) is 0 Å². The number of hydrogen-bond donors (Lipinski definition) is 0. The van der Waals surface area contributed by atoms with Gasteiger partial charge in [0.05, 0.1) is 11.5 Å². The molecule has 0 N–H and O–H groups in total. The summed E-state index contributed by atoms with van der Waals surface area (Å²) in [6, 6.07) is 4.70. The van der Waals surface area contributed by atoms with Gasteiger partial charge in [0.25, 0.3) is 0 Å². The van der Waals surface area contributed by atoms with E-state index in [9.17, 15) is 18.0 Å². The molecular weight excluding hydrogens is 269 g/mol. The highest BCUT2D eigenvalue weighted by atomic mass is 19.4. The molecule has 2 nitrogen and oxygen atoms in total. The van der Waals surface area contributed by atoms with Gasteiger partial charge in [-0.05, 0) is 30.5 Å². The molecule has 5 heteroatoms. The maximum Gasteiger partial charge on any atom is 0.416 e. The Morgan fingerprint density at radius 2 is 1.70 bits per heavy atom. The van der Waals surface area contributed by atoms with Gasteiger partial charge in [-0.25, -0.2) is 0 Å². The molecule has 1 aromatic carbocycles. The van der Waals surface area contributed by atoms with Gasteiger partial charge >= 0.3 is 12.1 Å². The number of carbonyl (C=O) groups excluding carboxylic acids is 1. The van der Waals surface area contributed by atoms with Gasteiger partial charge in [0, 0.05) is 0 Å². The van der Waals surface area contributed by atoms with Crippen molar-refractivity contribution >= 4 is 5.97 Å². The molecule has 0 radical (unpaired) electrons. The van der Waals surface area contributed by atoms with Crippen molar-refractivity contribution in [3.05, 3.63) is 35.4 Å². The third-order valence-electron chi connectivity index (χ3n) is 3.60. The van der Waals surface area contributed by atoms with Crippen LogP contribution < -0.4 is 0 Å². The normalized spacial score (nSPS) is 16.9. The van der Waals surface area contributed by atoms with Crippen molar-refractivity contribution in [2.24, 2.45) is 5.92 Å². The molecule has 110 valence electrons. The summed E-state index contributed by atoms with van der Waals surface area (Å²) in [7, 11) is 0.